The molecular weight excluding hydrogens is 508 g/mol. The van der Waals surface area contributed by atoms with Gasteiger partial charge >= 0.3 is 5.97 Å². The lowest BCUT2D eigenvalue weighted by molar-refractivity contribution is -0.164. The molecule has 1 N–H and O–H groups in total. The van der Waals surface area contributed by atoms with E-state index in [-0.39, 0.29) is 36.4 Å². The molecule has 8 nitrogen and oxygen atoms in total. The first-order valence-electron chi connectivity index (χ1n) is 15.1. The molecule has 0 aliphatic carbocycles. The fraction of sp³-hybridized carbons (Fsp3) is 0.781. The van der Waals surface area contributed by atoms with E-state index in [0.717, 1.165) is 32.1 Å². The summed E-state index contributed by atoms with van der Waals surface area (Å²) in [7, 11) is 0. The standard InChI is InChI=1S/C32H50N2O6/c1-9-21(2)22(19-35)34-25-27(37)33(30(6,7)20-29(3,4)5)17-14-16-32(25)23(26(34)36)24-28(38)39-18-13-11-10-12-15-31(24,8)40-32/h12,14-16,21-25,35H,9-11,13,17-20H2,1-8H3/b15-12-/t21-,22-,23-,24-,25?,31+,32-/m0/s1. The van der Waals surface area contributed by atoms with Gasteiger partial charge in [-0.05, 0) is 57.8 Å². The highest BCUT2D eigenvalue weighted by atomic mass is 16.6. The molecule has 4 rings (SSSR count). The normalized spacial score (nSPS) is 35.4. The van der Waals surface area contributed by atoms with Gasteiger partial charge in [0.15, 0.2) is 0 Å². The number of allylic oxidation sites excluding steroid dienone is 1. The Morgan fingerprint density at radius 1 is 1.05 bits per heavy atom. The zero-order chi connectivity index (χ0) is 29.7. The number of likely N-dealkylation sites (tertiary alicyclic amines) is 1. The molecule has 4 aliphatic heterocycles. The molecular formula is C32H50N2O6. The van der Waals surface area contributed by atoms with Gasteiger partial charge in [-0.25, -0.2) is 0 Å². The molecule has 0 aromatic rings. The van der Waals surface area contributed by atoms with Crippen LogP contribution in [0, 0.1) is 23.2 Å². The molecule has 0 saturated carbocycles. The van der Waals surface area contributed by atoms with E-state index in [1.807, 2.05) is 50.0 Å². The Hall–Kier alpha value is -2.19. The molecule has 2 fully saturated rings. The molecule has 0 radical (unpaired) electrons. The highest BCUT2D eigenvalue weighted by molar-refractivity contribution is 5.99. The van der Waals surface area contributed by atoms with Crippen LogP contribution in [0.3, 0.4) is 0 Å². The van der Waals surface area contributed by atoms with Crippen LogP contribution in [0.25, 0.3) is 0 Å². The maximum atomic E-state index is 14.8. The van der Waals surface area contributed by atoms with Crippen molar-refractivity contribution in [2.75, 3.05) is 19.8 Å². The smallest absolute Gasteiger partial charge is 0.313 e. The Labute approximate surface area is 240 Å². The van der Waals surface area contributed by atoms with E-state index in [9.17, 15) is 19.5 Å². The quantitative estimate of drug-likeness (QED) is 0.387. The zero-order valence-corrected chi connectivity index (χ0v) is 25.7. The number of aliphatic hydroxyl groups excluding tert-OH is 1. The second-order valence-electron chi connectivity index (χ2n) is 14.3. The molecule has 224 valence electrons. The van der Waals surface area contributed by atoms with Crippen molar-refractivity contribution in [3.63, 3.8) is 0 Å². The van der Waals surface area contributed by atoms with Gasteiger partial charge in [-0.2, -0.15) is 0 Å². The third-order valence-electron chi connectivity index (χ3n) is 9.48. The summed E-state index contributed by atoms with van der Waals surface area (Å²) in [6.07, 6.45) is 11.6. The summed E-state index contributed by atoms with van der Waals surface area (Å²) in [5, 5.41) is 10.6. The molecule has 4 aliphatic rings. The van der Waals surface area contributed by atoms with E-state index >= 15 is 0 Å². The molecule has 40 heavy (non-hydrogen) atoms. The first-order valence-corrected chi connectivity index (χ1v) is 15.1. The van der Waals surface area contributed by atoms with Gasteiger partial charge in [0.05, 0.1) is 30.8 Å². The summed E-state index contributed by atoms with van der Waals surface area (Å²) in [5.74, 6) is -2.92. The molecule has 2 amide bonds. The highest BCUT2D eigenvalue weighted by Gasteiger charge is 2.75. The van der Waals surface area contributed by atoms with Crippen LogP contribution >= 0.6 is 0 Å². The van der Waals surface area contributed by atoms with Gasteiger partial charge in [0, 0.05) is 12.1 Å². The summed E-state index contributed by atoms with van der Waals surface area (Å²) in [6.45, 7) is 16.8. The summed E-state index contributed by atoms with van der Waals surface area (Å²) in [5.41, 5.74) is -3.03. The second kappa shape index (κ2) is 10.9. The number of cyclic esters (lactones) is 1. The third-order valence-corrected chi connectivity index (χ3v) is 9.48. The van der Waals surface area contributed by atoms with Crippen molar-refractivity contribution in [2.24, 2.45) is 23.2 Å². The fourth-order valence-electron chi connectivity index (χ4n) is 7.85. The number of hydrogen-bond donors (Lipinski definition) is 1. The number of carbonyl (C=O) groups excluding carboxylic acids is 3. The molecule has 0 bridgehead atoms. The van der Waals surface area contributed by atoms with Gasteiger partial charge in [0.2, 0.25) is 11.8 Å². The zero-order valence-electron chi connectivity index (χ0n) is 25.7. The van der Waals surface area contributed by atoms with Gasteiger partial charge in [-0.15, -0.1) is 0 Å². The first-order chi connectivity index (χ1) is 18.6. The number of carbonyl (C=O) groups is 3. The summed E-state index contributed by atoms with van der Waals surface area (Å²) >= 11 is 0. The number of ether oxygens (including phenoxy) is 2. The number of fused-ring (bicyclic) bond motifs is 2. The maximum Gasteiger partial charge on any atom is 0.313 e. The van der Waals surface area contributed by atoms with Crippen LogP contribution in [0.5, 0.6) is 0 Å². The largest absolute Gasteiger partial charge is 0.465 e. The van der Waals surface area contributed by atoms with E-state index in [0.29, 0.717) is 6.54 Å². The number of rotatable bonds is 6. The monoisotopic (exact) mass is 558 g/mol. The lowest BCUT2D eigenvalue weighted by atomic mass is 9.74. The fourth-order valence-corrected chi connectivity index (χ4v) is 7.85. The minimum absolute atomic E-state index is 0.0378. The predicted octanol–water partition coefficient (Wildman–Crippen LogP) is 4.26. The van der Waals surface area contributed by atoms with Crippen LogP contribution in [-0.2, 0) is 23.9 Å². The van der Waals surface area contributed by atoms with Crippen LogP contribution in [0.2, 0.25) is 0 Å². The van der Waals surface area contributed by atoms with Crippen molar-refractivity contribution < 1.29 is 29.0 Å². The Bertz CT molecular complexity index is 1060. The molecule has 0 aromatic carbocycles. The lowest BCUT2D eigenvalue weighted by Crippen LogP contribution is -2.62. The molecule has 7 atom stereocenters. The minimum Gasteiger partial charge on any atom is -0.465 e. The number of amides is 2. The first kappa shape index (κ1) is 30.8. The van der Waals surface area contributed by atoms with Gasteiger partial charge in [-0.3, -0.25) is 14.4 Å². The van der Waals surface area contributed by atoms with Crippen molar-refractivity contribution in [1.29, 1.82) is 0 Å². The van der Waals surface area contributed by atoms with Gasteiger partial charge in [-0.1, -0.05) is 65.3 Å². The average molecular weight is 559 g/mol. The molecule has 0 aromatic heterocycles. The number of hydrogen-bond acceptors (Lipinski definition) is 6. The van der Waals surface area contributed by atoms with E-state index in [4.69, 9.17) is 9.47 Å². The van der Waals surface area contributed by atoms with Crippen molar-refractivity contribution in [1.82, 2.24) is 9.80 Å². The molecule has 1 unspecified atom stereocenters. The third kappa shape index (κ3) is 5.15. The molecule has 2 saturated heterocycles. The Balaban J connectivity index is 1.91. The van der Waals surface area contributed by atoms with E-state index in [1.54, 1.807) is 4.90 Å². The Morgan fingerprint density at radius 3 is 2.38 bits per heavy atom. The second-order valence-corrected chi connectivity index (χ2v) is 14.3. The van der Waals surface area contributed by atoms with Gasteiger partial charge < -0.3 is 24.4 Å². The van der Waals surface area contributed by atoms with E-state index < -0.39 is 46.6 Å². The van der Waals surface area contributed by atoms with Crippen molar-refractivity contribution in [2.45, 2.75) is 116 Å². The molecule has 8 heteroatoms. The summed E-state index contributed by atoms with van der Waals surface area (Å²) in [6, 6.07) is -1.60. The van der Waals surface area contributed by atoms with Crippen molar-refractivity contribution in [3.05, 3.63) is 24.3 Å². The Morgan fingerprint density at radius 2 is 1.75 bits per heavy atom. The SMILES string of the molecule is CC[C@H](C)[C@H](CO)N1C(=O)[C@@H]2[C@H]3C(=O)OCCCC/C=C\[C@@]3(C)O[C@@]23C=CCN(C(C)(C)CC(C)(C)C)C(=O)C13. The van der Waals surface area contributed by atoms with Crippen LogP contribution in [0.15, 0.2) is 24.3 Å². The number of esters is 1. The summed E-state index contributed by atoms with van der Waals surface area (Å²) in [4.78, 5) is 46.5. The van der Waals surface area contributed by atoms with Crippen LogP contribution < -0.4 is 0 Å². The van der Waals surface area contributed by atoms with Gasteiger partial charge in [0.1, 0.15) is 17.6 Å². The number of nitrogens with zero attached hydrogens (tertiary/aromatic N) is 2. The summed E-state index contributed by atoms with van der Waals surface area (Å²) < 4.78 is 12.6. The van der Waals surface area contributed by atoms with Crippen LogP contribution in [-0.4, -0.2) is 81.3 Å². The van der Waals surface area contributed by atoms with Crippen LogP contribution in [0.1, 0.15) is 87.5 Å². The predicted molar refractivity (Wildman–Crippen MR) is 153 cm³/mol. The number of aliphatic hydroxyl groups is 1. The van der Waals surface area contributed by atoms with E-state index in [2.05, 4.69) is 34.6 Å². The topological polar surface area (TPSA) is 96.4 Å². The van der Waals surface area contributed by atoms with Crippen molar-refractivity contribution in [3.8, 4) is 0 Å². The molecule has 1 spiro atoms. The Kier molecular flexibility index (Phi) is 8.38. The highest BCUT2D eigenvalue weighted by Crippen LogP contribution is 2.58. The van der Waals surface area contributed by atoms with Crippen molar-refractivity contribution >= 4 is 17.8 Å². The average Bonchev–Trinajstić information content (AvgIpc) is 3.17. The minimum atomic E-state index is -1.36. The van der Waals surface area contributed by atoms with Gasteiger partial charge in [0.25, 0.3) is 0 Å². The van der Waals surface area contributed by atoms with Crippen LogP contribution in [0.4, 0.5) is 0 Å². The lowest BCUT2D eigenvalue weighted by Gasteiger charge is -2.46. The van der Waals surface area contributed by atoms with E-state index in [1.165, 1.54) is 0 Å². The maximum absolute atomic E-state index is 14.8. The molecule has 4 heterocycles.